The van der Waals surface area contributed by atoms with E-state index in [0.717, 1.165) is 19.4 Å². The SMILES string of the molecule is CC(=O)c1c[nH]c(C(=O)N2CCCC2c2ccccc2)c1. The Balaban J connectivity index is 1.84. The fraction of sp³-hybridized carbons (Fsp3) is 0.294. The minimum Gasteiger partial charge on any atom is -0.356 e. The van der Waals surface area contributed by atoms with Crippen LogP contribution >= 0.6 is 0 Å². The van der Waals surface area contributed by atoms with Crippen molar-refractivity contribution >= 4 is 11.7 Å². The molecule has 108 valence electrons. The average Bonchev–Trinajstić information content (AvgIpc) is 3.17. The van der Waals surface area contributed by atoms with Gasteiger partial charge in [0.15, 0.2) is 5.78 Å². The molecule has 1 amide bonds. The molecule has 4 heteroatoms. The van der Waals surface area contributed by atoms with Gasteiger partial charge in [0.1, 0.15) is 5.69 Å². The van der Waals surface area contributed by atoms with Gasteiger partial charge < -0.3 is 9.88 Å². The van der Waals surface area contributed by atoms with Crippen LogP contribution in [0, 0.1) is 0 Å². The smallest absolute Gasteiger partial charge is 0.270 e. The maximum absolute atomic E-state index is 12.6. The monoisotopic (exact) mass is 282 g/mol. The van der Waals surface area contributed by atoms with Crippen molar-refractivity contribution in [3.05, 3.63) is 59.4 Å². The van der Waals surface area contributed by atoms with Gasteiger partial charge in [-0.05, 0) is 31.4 Å². The van der Waals surface area contributed by atoms with Gasteiger partial charge in [0.2, 0.25) is 0 Å². The number of likely N-dealkylation sites (tertiary alicyclic amines) is 1. The number of aromatic nitrogens is 1. The van der Waals surface area contributed by atoms with E-state index < -0.39 is 0 Å². The van der Waals surface area contributed by atoms with Crippen molar-refractivity contribution in [1.29, 1.82) is 0 Å². The standard InChI is InChI=1S/C17H18N2O2/c1-12(20)14-10-15(18-11-14)17(21)19-9-5-8-16(19)13-6-3-2-4-7-13/h2-4,6-7,10-11,16,18H,5,8-9H2,1H3. The first-order valence-corrected chi connectivity index (χ1v) is 7.22. The number of carbonyl (C=O) groups is 2. The molecule has 0 saturated carbocycles. The van der Waals surface area contributed by atoms with Crippen molar-refractivity contribution < 1.29 is 9.59 Å². The zero-order valence-corrected chi connectivity index (χ0v) is 12.0. The molecule has 1 aromatic heterocycles. The highest BCUT2D eigenvalue weighted by Gasteiger charge is 2.31. The van der Waals surface area contributed by atoms with Crippen LogP contribution in [0.25, 0.3) is 0 Å². The Morgan fingerprint density at radius 3 is 2.67 bits per heavy atom. The summed E-state index contributed by atoms with van der Waals surface area (Å²) in [6.07, 6.45) is 3.59. The Morgan fingerprint density at radius 2 is 2.00 bits per heavy atom. The van der Waals surface area contributed by atoms with Crippen LogP contribution in [0.2, 0.25) is 0 Å². The third-order valence-electron chi connectivity index (χ3n) is 4.02. The largest absolute Gasteiger partial charge is 0.356 e. The van der Waals surface area contributed by atoms with Crippen LogP contribution in [0.15, 0.2) is 42.6 Å². The lowest BCUT2D eigenvalue weighted by atomic mass is 10.0. The highest BCUT2D eigenvalue weighted by Crippen LogP contribution is 2.32. The quantitative estimate of drug-likeness (QED) is 0.879. The second kappa shape index (κ2) is 5.56. The van der Waals surface area contributed by atoms with Gasteiger partial charge in [0.05, 0.1) is 6.04 Å². The molecule has 1 aromatic carbocycles. The van der Waals surface area contributed by atoms with E-state index in [1.54, 1.807) is 12.3 Å². The highest BCUT2D eigenvalue weighted by atomic mass is 16.2. The molecule has 1 fully saturated rings. The van der Waals surface area contributed by atoms with Crippen molar-refractivity contribution in [3.8, 4) is 0 Å². The molecule has 1 saturated heterocycles. The number of nitrogens with zero attached hydrogens (tertiary/aromatic N) is 1. The normalized spacial score (nSPS) is 18.0. The molecule has 0 aliphatic carbocycles. The summed E-state index contributed by atoms with van der Waals surface area (Å²) in [7, 11) is 0. The Bertz CT molecular complexity index is 660. The minimum absolute atomic E-state index is 0.0335. The predicted octanol–water partition coefficient (Wildman–Crippen LogP) is 3.19. The number of aromatic amines is 1. The van der Waals surface area contributed by atoms with Crippen molar-refractivity contribution in [2.75, 3.05) is 6.54 Å². The van der Waals surface area contributed by atoms with Crippen LogP contribution in [-0.4, -0.2) is 28.1 Å². The van der Waals surface area contributed by atoms with Crippen LogP contribution in [0.5, 0.6) is 0 Å². The van der Waals surface area contributed by atoms with E-state index in [0.29, 0.717) is 11.3 Å². The fourth-order valence-corrected chi connectivity index (χ4v) is 2.91. The fourth-order valence-electron chi connectivity index (χ4n) is 2.91. The van der Waals surface area contributed by atoms with Gasteiger partial charge in [-0.25, -0.2) is 0 Å². The molecule has 1 aliphatic heterocycles. The molecule has 21 heavy (non-hydrogen) atoms. The molecule has 1 atom stereocenters. The Morgan fingerprint density at radius 1 is 1.24 bits per heavy atom. The summed E-state index contributed by atoms with van der Waals surface area (Å²) in [6.45, 7) is 2.26. The average molecular weight is 282 g/mol. The molecule has 0 bridgehead atoms. The molecular weight excluding hydrogens is 264 g/mol. The number of H-pyrrole nitrogens is 1. The predicted molar refractivity (Wildman–Crippen MR) is 80.3 cm³/mol. The van der Waals surface area contributed by atoms with Crippen LogP contribution in [0.3, 0.4) is 0 Å². The number of amides is 1. The van der Waals surface area contributed by atoms with Crippen LogP contribution in [0.1, 0.15) is 52.2 Å². The second-order valence-corrected chi connectivity index (χ2v) is 5.43. The Labute approximate surface area is 123 Å². The zero-order chi connectivity index (χ0) is 14.8. The maximum Gasteiger partial charge on any atom is 0.270 e. The van der Waals surface area contributed by atoms with Crippen LogP contribution in [0.4, 0.5) is 0 Å². The number of nitrogens with one attached hydrogen (secondary N) is 1. The second-order valence-electron chi connectivity index (χ2n) is 5.43. The molecule has 1 unspecified atom stereocenters. The molecule has 2 aromatic rings. The van der Waals surface area contributed by atoms with E-state index in [1.165, 1.54) is 12.5 Å². The Hall–Kier alpha value is -2.36. The van der Waals surface area contributed by atoms with Crippen molar-refractivity contribution in [1.82, 2.24) is 9.88 Å². The molecule has 0 radical (unpaired) electrons. The van der Waals surface area contributed by atoms with Gasteiger partial charge in [0, 0.05) is 18.3 Å². The Kier molecular flexibility index (Phi) is 3.60. The highest BCUT2D eigenvalue weighted by molar-refractivity contribution is 5.99. The van der Waals surface area contributed by atoms with E-state index in [-0.39, 0.29) is 17.7 Å². The third-order valence-corrected chi connectivity index (χ3v) is 4.02. The number of hydrogen-bond acceptors (Lipinski definition) is 2. The number of carbonyl (C=O) groups excluding carboxylic acids is 2. The minimum atomic E-state index is -0.0358. The summed E-state index contributed by atoms with van der Waals surface area (Å²) in [4.78, 5) is 28.8. The van der Waals surface area contributed by atoms with Crippen molar-refractivity contribution in [2.24, 2.45) is 0 Å². The molecule has 2 heterocycles. The molecule has 4 nitrogen and oxygen atoms in total. The van der Waals surface area contributed by atoms with Gasteiger partial charge in [-0.15, -0.1) is 0 Å². The molecule has 3 rings (SSSR count). The lowest BCUT2D eigenvalue weighted by molar-refractivity contribution is 0.0730. The first kappa shape index (κ1) is 13.6. The molecule has 1 aliphatic rings. The van der Waals surface area contributed by atoms with E-state index in [4.69, 9.17) is 0 Å². The lowest BCUT2D eigenvalue weighted by Gasteiger charge is -2.24. The van der Waals surface area contributed by atoms with Gasteiger partial charge in [0.25, 0.3) is 5.91 Å². The number of Topliss-reactive ketones (excluding diaryl/α,β-unsaturated/α-hetero) is 1. The molecule has 0 spiro atoms. The first-order valence-electron chi connectivity index (χ1n) is 7.22. The lowest BCUT2D eigenvalue weighted by Crippen LogP contribution is -2.30. The summed E-state index contributed by atoms with van der Waals surface area (Å²) >= 11 is 0. The summed E-state index contributed by atoms with van der Waals surface area (Å²) < 4.78 is 0. The van der Waals surface area contributed by atoms with E-state index in [9.17, 15) is 9.59 Å². The number of rotatable bonds is 3. The first-order chi connectivity index (χ1) is 10.2. The third kappa shape index (κ3) is 2.61. The number of benzene rings is 1. The van der Waals surface area contributed by atoms with E-state index in [1.807, 2.05) is 23.1 Å². The van der Waals surface area contributed by atoms with Gasteiger partial charge in [-0.3, -0.25) is 9.59 Å². The number of hydrogen-bond donors (Lipinski definition) is 1. The van der Waals surface area contributed by atoms with Gasteiger partial charge in [-0.2, -0.15) is 0 Å². The summed E-state index contributed by atoms with van der Waals surface area (Å²) in [5.41, 5.74) is 2.21. The topological polar surface area (TPSA) is 53.2 Å². The summed E-state index contributed by atoms with van der Waals surface area (Å²) in [6, 6.07) is 11.9. The van der Waals surface area contributed by atoms with Crippen molar-refractivity contribution in [3.63, 3.8) is 0 Å². The summed E-state index contributed by atoms with van der Waals surface area (Å²) in [5.74, 6) is -0.0693. The summed E-state index contributed by atoms with van der Waals surface area (Å²) in [5, 5.41) is 0. The van der Waals surface area contributed by atoms with Crippen molar-refractivity contribution in [2.45, 2.75) is 25.8 Å². The number of ketones is 1. The van der Waals surface area contributed by atoms with Crippen LogP contribution in [-0.2, 0) is 0 Å². The zero-order valence-electron chi connectivity index (χ0n) is 12.0. The van der Waals surface area contributed by atoms with Crippen LogP contribution < -0.4 is 0 Å². The van der Waals surface area contributed by atoms with Gasteiger partial charge in [-0.1, -0.05) is 30.3 Å². The maximum atomic E-state index is 12.6. The molecule has 1 N–H and O–H groups in total. The molecular formula is C17H18N2O2. The van der Waals surface area contributed by atoms with Gasteiger partial charge >= 0.3 is 0 Å². The van der Waals surface area contributed by atoms with E-state index >= 15 is 0 Å². The van der Waals surface area contributed by atoms with E-state index in [2.05, 4.69) is 17.1 Å².